The number of anilines is 2. The molecule has 0 aliphatic heterocycles. The van der Waals surface area contributed by atoms with Crippen molar-refractivity contribution in [3.8, 4) is 34.4 Å². The standard InChI is InChI=1S/2C21H18N4O2.C4H6O4/c2*22-21-18(4-3-11-24-21)19-13-17(25-27-19)12-15-6-8-16(9-7-15)14-26-20-5-1-2-10-23-20;5-3(6)1-2-4(7)8/h2*1-11,13H,12,14H2,(H2,22,24);1-2H2,(H,5,6)(H,7,8). The van der Waals surface area contributed by atoms with E-state index in [9.17, 15) is 9.59 Å². The van der Waals surface area contributed by atoms with Crippen molar-refractivity contribution in [2.75, 3.05) is 11.5 Å². The van der Waals surface area contributed by atoms with Crippen LogP contribution in [0.5, 0.6) is 11.8 Å². The average Bonchev–Trinajstić information content (AvgIpc) is 3.96. The van der Waals surface area contributed by atoms with Gasteiger partial charge in [-0.3, -0.25) is 9.59 Å². The van der Waals surface area contributed by atoms with Crippen molar-refractivity contribution in [1.82, 2.24) is 30.2 Å². The molecule has 0 bridgehead atoms. The van der Waals surface area contributed by atoms with Crippen LogP contribution in [0.4, 0.5) is 11.6 Å². The van der Waals surface area contributed by atoms with Crippen molar-refractivity contribution in [2.45, 2.75) is 38.9 Å². The molecule has 0 atom stereocenters. The van der Waals surface area contributed by atoms with Crippen molar-refractivity contribution < 1.29 is 38.3 Å². The first-order valence-corrected chi connectivity index (χ1v) is 19.2. The summed E-state index contributed by atoms with van der Waals surface area (Å²) in [5.74, 6) is 1.18. The lowest BCUT2D eigenvalue weighted by molar-refractivity contribution is -0.143. The van der Waals surface area contributed by atoms with Gasteiger partial charge in [-0.2, -0.15) is 0 Å². The number of carboxylic acids is 2. The summed E-state index contributed by atoms with van der Waals surface area (Å²) in [6, 6.07) is 38.8. The molecule has 6 heterocycles. The Balaban J connectivity index is 0.000000176. The van der Waals surface area contributed by atoms with E-state index in [-0.39, 0.29) is 12.8 Å². The lowest BCUT2D eigenvalue weighted by Crippen LogP contribution is -2.00. The zero-order chi connectivity index (χ0) is 43.5. The van der Waals surface area contributed by atoms with Gasteiger partial charge < -0.3 is 40.2 Å². The minimum absolute atomic E-state index is 0.296. The lowest BCUT2D eigenvalue weighted by Gasteiger charge is -2.05. The summed E-state index contributed by atoms with van der Waals surface area (Å²) < 4.78 is 22.2. The van der Waals surface area contributed by atoms with Gasteiger partial charge in [-0.05, 0) is 58.7 Å². The smallest absolute Gasteiger partial charge is 0.303 e. The van der Waals surface area contributed by atoms with Gasteiger partial charge in [0, 0.05) is 61.9 Å². The number of carboxylic acid groups (broad SMARTS) is 2. The van der Waals surface area contributed by atoms with Gasteiger partial charge in [0.05, 0.1) is 35.4 Å². The topological polar surface area (TPSA) is 249 Å². The van der Waals surface area contributed by atoms with Crippen molar-refractivity contribution in [3.05, 3.63) is 180 Å². The van der Waals surface area contributed by atoms with E-state index in [1.165, 1.54) is 0 Å². The summed E-state index contributed by atoms with van der Waals surface area (Å²) in [5, 5.41) is 24.1. The number of aliphatic carboxylic acids is 2. The van der Waals surface area contributed by atoms with Gasteiger partial charge in [0.2, 0.25) is 11.8 Å². The van der Waals surface area contributed by atoms with Crippen LogP contribution in [0.1, 0.15) is 46.5 Å². The second-order valence-electron chi connectivity index (χ2n) is 13.4. The highest BCUT2D eigenvalue weighted by Gasteiger charge is 2.12. The predicted molar refractivity (Wildman–Crippen MR) is 228 cm³/mol. The molecule has 16 heteroatoms. The van der Waals surface area contributed by atoms with E-state index >= 15 is 0 Å². The zero-order valence-corrected chi connectivity index (χ0v) is 33.3. The summed E-state index contributed by atoms with van der Waals surface area (Å²) in [4.78, 5) is 35.7. The molecule has 0 unspecified atom stereocenters. The first kappa shape index (κ1) is 43.2. The molecule has 16 nitrogen and oxygen atoms in total. The Bertz CT molecular complexity index is 2440. The fourth-order valence-corrected chi connectivity index (χ4v) is 5.61. The fraction of sp³-hybridized carbons (Fsp3) is 0.130. The largest absolute Gasteiger partial charge is 0.481 e. The molecule has 314 valence electrons. The third-order valence-electron chi connectivity index (χ3n) is 8.74. The van der Waals surface area contributed by atoms with E-state index in [4.69, 9.17) is 40.2 Å². The molecule has 0 amide bonds. The Morgan fingerprint density at radius 3 is 1.24 bits per heavy atom. The Morgan fingerprint density at radius 1 is 0.500 bits per heavy atom. The molecule has 0 aliphatic carbocycles. The van der Waals surface area contributed by atoms with Gasteiger partial charge in [0.25, 0.3) is 0 Å². The van der Waals surface area contributed by atoms with E-state index in [2.05, 4.69) is 54.5 Å². The third-order valence-corrected chi connectivity index (χ3v) is 8.74. The molecule has 2 aromatic carbocycles. The highest BCUT2D eigenvalue weighted by molar-refractivity contribution is 5.75. The number of hydrogen-bond acceptors (Lipinski definition) is 14. The molecule has 0 aliphatic rings. The summed E-state index contributed by atoms with van der Waals surface area (Å²) >= 11 is 0. The van der Waals surface area contributed by atoms with E-state index in [0.29, 0.717) is 61.0 Å². The molecule has 0 saturated carbocycles. The van der Waals surface area contributed by atoms with Crippen LogP contribution >= 0.6 is 0 Å². The third kappa shape index (κ3) is 13.6. The van der Waals surface area contributed by atoms with E-state index in [1.807, 2.05) is 97.1 Å². The minimum atomic E-state index is -1.08. The molecule has 0 saturated heterocycles. The monoisotopic (exact) mass is 834 g/mol. The van der Waals surface area contributed by atoms with Crippen LogP contribution in [0.25, 0.3) is 22.6 Å². The zero-order valence-electron chi connectivity index (χ0n) is 33.3. The summed E-state index contributed by atoms with van der Waals surface area (Å²) in [6.45, 7) is 0.956. The fourth-order valence-electron chi connectivity index (χ4n) is 5.61. The number of hydrogen-bond donors (Lipinski definition) is 4. The van der Waals surface area contributed by atoms with Gasteiger partial charge in [0.15, 0.2) is 11.5 Å². The Hall–Kier alpha value is -8.40. The quantitative estimate of drug-likeness (QED) is 0.0772. The van der Waals surface area contributed by atoms with Crippen molar-refractivity contribution >= 4 is 23.6 Å². The summed E-state index contributed by atoms with van der Waals surface area (Å²) in [7, 11) is 0. The van der Waals surface area contributed by atoms with Crippen LogP contribution in [0.15, 0.2) is 155 Å². The van der Waals surface area contributed by atoms with Crippen LogP contribution in [-0.2, 0) is 35.6 Å². The maximum Gasteiger partial charge on any atom is 0.303 e. The molecule has 8 aromatic rings. The van der Waals surface area contributed by atoms with Crippen LogP contribution in [0.3, 0.4) is 0 Å². The molecular formula is C46H42N8O8. The second kappa shape index (κ2) is 22.1. The van der Waals surface area contributed by atoms with Crippen molar-refractivity contribution in [3.63, 3.8) is 0 Å². The number of nitrogen functional groups attached to an aromatic ring is 2. The Labute approximate surface area is 355 Å². The maximum absolute atomic E-state index is 9.64. The second-order valence-corrected chi connectivity index (χ2v) is 13.4. The van der Waals surface area contributed by atoms with Gasteiger partial charge in [0.1, 0.15) is 24.8 Å². The molecular weight excluding hydrogens is 793 g/mol. The van der Waals surface area contributed by atoms with E-state index < -0.39 is 11.9 Å². The van der Waals surface area contributed by atoms with Crippen molar-refractivity contribution in [2.24, 2.45) is 0 Å². The number of aromatic nitrogens is 6. The maximum atomic E-state index is 9.64. The molecule has 0 fully saturated rings. The van der Waals surface area contributed by atoms with E-state index in [1.54, 1.807) is 24.8 Å². The number of pyridine rings is 4. The molecule has 0 spiro atoms. The molecule has 6 aromatic heterocycles. The van der Waals surface area contributed by atoms with Crippen LogP contribution in [0, 0.1) is 0 Å². The number of rotatable bonds is 15. The lowest BCUT2D eigenvalue weighted by atomic mass is 10.1. The van der Waals surface area contributed by atoms with Gasteiger partial charge in [-0.1, -0.05) is 71.0 Å². The highest BCUT2D eigenvalue weighted by Crippen LogP contribution is 2.27. The van der Waals surface area contributed by atoms with Gasteiger partial charge in [-0.25, -0.2) is 19.9 Å². The highest BCUT2D eigenvalue weighted by atomic mass is 16.5. The van der Waals surface area contributed by atoms with Crippen molar-refractivity contribution in [1.29, 1.82) is 0 Å². The molecule has 0 radical (unpaired) electrons. The summed E-state index contributed by atoms with van der Waals surface area (Å²) in [6.07, 6.45) is 7.47. The first-order valence-electron chi connectivity index (χ1n) is 19.2. The number of benzene rings is 2. The normalized spacial score (nSPS) is 10.4. The molecule has 8 rings (SSSR count). The number of carbonyl (C=O) groups is 2. The first-order chi connectivity index (χ1) is 30.2. The summed E-state index contributed by atoms with van der Waals surface area (Å²) in [5.41, 5.74) is 19.4. The minimum Gasteiger partial charge on any atom is -0.481 e. The Kier molecular flexibility index (Phi) is 15.4. The Morgan fingerprint density at radius 2 is 0.887 bits per heavy atom. The number of ether oxygens (including phenoxy) is 2. The van der Waals surface area contributed by atoms with Gasteiger partial charge in [-0.15, -0.1) is 0 Å². The molecule has 62 heavy (non-hydrogen) atoms. The van der Waals surface area contributed by atoms with Crippen LogP contribution < -0.4 is 20.9 Å². The van der Waals surface area contributed by atoms with Crippen LogP contribution in [-0.4, -0.2) is 52.4 Å². The van der Waals surface area contributed by atoms with Gasteiger partial charge >= 0.3 is 11.9 Å². The number of nitrogens with zero attached hydrogens (tertiary/aromatic N) is 6. The number of nitrogens with two attached hydrogens (primary N) is 2. The average molecular weight is 835 g/mol. The van der Waals surface area contributed by atoms with Crippen LogP contribution in [0.2, 0.25) is 0 Å². The SMILES string of the molecule is Nc1ncccc1-c1cc(Cc2ccc(COc3ccccn3)cc2)no1.Nc1ncccc1-c1cc(Cc2ccc(COc3ccccn3)cc2)no1.O=C(O)CCC(=O)O. The predicted octanol–water partition coefficient (Wildman–Crippen LogP) is 7.70. The van der Waals surface area contributed by atoms with E-state index in [0.717, 1.165) is 44.8 Å². The molecule has 6 N–H and O–H groups in total.